The van der Waals surface area contributed by atoms with Crippen molar-refractivity contribution in [1.29, 1.82) is 0 Å². The van der Waals surface area contributed by atoms with Crippen molar-refractivity contribution in [2.75, 3.05) is 20.6 Å². The van der Waals surface area contributed by atoms with Gasteiger partial charge in [0.2, 0.25) is 0 Å². The van der Waals surface area contributed by atoms with Gasteiger partial charge in [-0.15, -0.1) is 0 Å². The SMILES string of the molecule is CC(C)CC(CCN)c1ccc(C(=O)N(C)C)cc1. The van der Waals surface area contributed by atoms with Crippen LogP contribution in [0.3, 0.4) is 0 Å². The van der Waals surface area contributed by atoms with Crippen molar-refractivity contribution in [3.05, 3.63) is 35.4 Å². The summed E-state index contributed by atoms with van der Waals surface area (Å²) in [5.74, 6) is 1.19. The van der Waals surface area contributed by atoms with E-state index in [0.29, 0.717) is 18.4 Å². The molecule has 0 heterocycles. The zero-order valence-corrected chi connectivity index (χ0v) is 12.5. The van der Waals surface area contributed by atoms with Crippen LogP contribution >= 0.6 is 0 Å². The first kappa shape index (κ1) is 15.7. The summed E-state index contributed by atoms with van der Waals surface area (Å²) >= 11 is 0. The summed E-state index contributed by atoms with van der Waals surface area (Å²) in [7, 11) is 3.54. The summed E-state index contributed by atoms with van der Waals surface area (Å²) in [5.41, 5.74) is 7.73. The lowest BCUT2D eigenvalue weighted by molar-refractivity contribution is 0.0827. The van der Waals surface area contributed by atoms with Crippen LogP contribution in [0.25, 0.3) is 0 Å². The molecule has 0 aliphatic carbocycles. The first-order valence-electron chi connectivity index (χ1n) is 6.97. The molecule has 106 valence electrons. The average Bonchev–Trinajstić information content (AvgIpc) is 2.37. The Morgan fingerprint density at radius 2 is 1.79 bits per heavy atom. The molecule has 1 rings (SSSR count). The van der Waals surface area contributed by atoms with E-state index in [1.807, 2.05) is 12.1 Å². The quantitative estimate of drug-likeness (QED) is 0.857. The highest BCUT2D eigenvalue weighted by Crippen LogP contribution is 2.27. The molecule has 3 heteroatoms. The van der Waals surface area contributed by atoms with Crippen LogP contribution in [0.5, 0.6) is 0 Å². The maximum absolute atomic E-state index is 11.8. The Labute approximate surface area is 116 Å². The molecule has 0 radical (unpaired) electrons. The van der Waals surface area contributed by atoms with E-state index in [4.69, 9.17) is 5.73 Å². The number of hydrogen-bond donors (Lipinski definition) is 1. The third kappa shape index (κ3) is 4.67. The minimum Gasteiger partial charge on any atom is -0.345 e. The third-order valence-corrected chi connectivity index (χ3v) is 3.31. The maximum atomic E-state index is 11.8. The summed E-state index contributed by atoms with van der Waals surface area (Å²) in [6.45, 7) is 5.16. The van der Waals surface area contributed by atoms with E-state index < -0.39 is 0 Å². The number of hydrogen-bond acceptors (Lipinski definition) is 2. The fourth-order valence-electron chi connectivity index (χ4n) is 2.35. The van der Waals surface area contributed by atoms with Crippen LogP contribution < -0.4 is 5.73 Å². The molecule has 0 aromatic heterocycles. The normalized spacial score (nSPS) is 12.5. The summed E-state index contributed by atoms with van der Waals surface area (Å²) < 4.78 is 0. The lowest BCUT2D eigenvalue weighted by Crippen LogP contribution is -2.21. The standard InChI is InChI=1S/C16H26N2O/c1-12(2)11-15(9-10-17)13-5-7-14(8-6-13)16(19)18(3)4/h5-8,12,15H,9-11,17H2,1-4H3. The second-order valence-corrected chi connectivity index (χ2v) is 5.73. The summed E-state index contributed by atoms with van der Waals surface area (Å²) in [6.07, 6.45) is 2.14. The molecule has 2 N–H and O–H groups in total. The minimum atomic E-state index is 0.0470. The van der Waals surface area contributed by atoms with Gasteiger partial charge in [0.25, 0.3) is 5.91 Å². The number of rotatable bonds is 6. The van der Waals surface area contributed by atoms with Gasteiger partial charge in [-0.25, -0.2) is 0 Å². The van der Waals surface area contributed by atoms with E-state index >= 15 is 0 Å². The Kier molecular flexibility index (Phi) is 6.03. The van der Waals surface area contributed by atoms with Gasteiger partial charge in [-0.1, -0.05) is 26.0 Å². The lowest BCUT2D eigenvalue weighted by Gasteiger charge is -2.19. The van der Waals surface area contributed by atoms with E-state index in [0.717, 1.165) is 18.4 Å². The summed E-state index contributed by atoms with van der Waals surface area (Å²) in [6, 6.07) is 7.97. The van der Waals surface area contributed by atoms with Crippen LogP contribution in [0.2, 0.25) is 0 Å². The van der Waals surface area contributed by atoms with Crippen LogP contribution in [0, 0.1) is 5.92 Å². The smallest absolute Gasteiger partial charge is 0.253 e. The molecule has 0 saturated carbocycles. The second kappa shape index (κ2) is 7.29. The number of nitrogens with two attached hydrogens (primary N) is 1. The number of nitrogens with zero attached hydrogens (tertiary/aromatic N) is 1. The Morgan fingerprint density at radius 3 is 2.21 bits per heavy atom. The van der Waals surface area contributed by atoms with Crippen molar-refractivity contribution < 1.29 is 4.79 Å². The monoisotopic (exact) mass is 262 g/mol. The zero-order valence-electron chi connectivity index (χ0n) is 12.5. The molecule has 1 atom stereocenters. The van der Waals surface area contributed by atoms with Crippen molar-refractivity contribution in [3.63, 3.8) is 0 Å². The van der Waals surface area contributed by atoms with Crippen molar-refractivity contribution in [1.82, 2.24) is 4.90 Å². The number of amides is 1. The summed E-state index contributed by atoms with van der Waals surface area (Å²) in [5, 5.41) is 0. The summed E-state index contributed by atoms with van der Waals surface area (Å²) in [4.78, 5) is 13.4. The van der Waals surface area contributed by atoms with Crippen LogP contribution in [-0.4, -0.2) is 31.4 Å². The number of benzene rings is 1. The van der Waals surface area contributed by atoms with Gasteiger partial charge < -0.3 is 10.6 Å². The highest BCUT2D eigenvalue weighted by atomic mass is 16.2. The molecule has 0 saturated heterocycles. The van der Waals surface area contributed by atoms with Crippen LogP contribution in [0.15, 0.2) is 24.3 Å². The first-order valence-corrected chi connectivity index (χ1v) is 6.97. The Morgan fingerprint density at radius 1 is 1.21 bits per heavy atom. The topological polar surface area (TPSA) is 46.3 Å². The molecule has 1 unspecified atom stereocenters. The first-order chi connectivity index (χ1) is 8.95. The molecular formula is C16H26N2O. The van der Waals surface area contributed by atoms with Gasteiger partial charge in [0.1, 0.15) is 0 Å². The van der Waals surface area contributed by atoms with E-state index in [1.165, 1.54) is 5.56 Å². The average molecular weight is 262 g/mol. The molecule has 1 aromatic carbocycles. The van der Waals surface area contributed by atoms with Gasteiger partial charge in [0, 0.05) is 19.7 Å². The van der Waals surface area contributed by atoms with E-state index in [9.17, 15) is 4.79 Å². The predicted molar refractivity (Wildman–Crippen MR) is 80.3 cm³/mol. The molecule has 0 spiro atoms. The van der Waals surface area contributed by atoms with Crippen molar-refractivity contribution in [2.45, 2.75) is 32.6 Å². The van der Waals surface area contributed by atoms with Crippen LogP contribution in [-0.2, 0) is 0 Å². The lowest BCUT2D eigenvalue weighted by atomic mass is 9.87. The Bertz CT molecular complexity index is 396. The van der Waals surface area contributed by atoms with Crippen molar-refractivity contribution in [3.8, 4) is 0 Å². The maximum Gasteiger partial charge on any atom is 0.253 e. The largest absolute Gasteiger partial charge is 0.345 e. The van der Waals surface area contributed by atoms with Gasteiger partial charge in [0.15, 0.2) is 0 Å². The van der Waals surface area contributed by atoms with E-state index in [2.05, 4.69) is 26.0 Å². The van der Waals surface area contributed by atoms with Crippen LogP contribution in [0.1, 0.15) is 48.5 Å². The van der Waals surface area contributed by atoms with Gasteiger partial charge >= 0.3 is 0 Å². The molecular weight excluding hydrogens is 236 g/mol. The fourth-order valence-corrected chi connectivity index (χ4v) is 2.35. The van der Waals surface area contributed by atoms with Gasteiger partial charge in [-0.05, 0) is 48.9 Å². The zero-order chi connectivity index (χ0) is 14.4. The van der Waals surface area contributed by atoms with Gasteiger partial charge in [-0.2, -0.15) is 0 Å². The van der Waals surface area contributed by atoms with Crippen molar-refractivity contribution in [2.24, 2.45) is 11.7 Å². The molecule has 1 aromatic rings. The highest BCUT2D eigenvalue weighted by Gasteiger charge is 2.14. The molecule has 0 bridgehead atoms. The van der Waals surface area contributed by atoms with E-state index in [-0.39, 0.29) is 5.91 Å². The van der Waals surface area contributed by atoms with Gasteiger partial charge in [0.05, 0.1) is 0 Å². The minimum absolute atomic E-state index is 0.0470. The molecule has 3 nitrogen and oxygen atoms in total. The third-order valence-electron chi connectivity index (χ3n) is 3.31. The van der Waals surface area contributed by atoms with Crippen molar-refractivity contribution >= 4 is 5.91 Å². The Hall–Kier alpha value is -1.35. The highest BCUT2D eigenvalue weighted by molar-refractivity contribution is 5.93. The molecule has 0 aliphatic rings. The number of carbonyl (C=O) groups is 1. The predicted octanol–water partition coefficient (Wildman–Crippen LogP) is 2.87. The molecule has 1 amide bonds. The van der Waals surface area contributed by atoms with E-state index in [1.54, 1.807) is 19.0 Å². The van der Waals surface area contributed by atoms with Gasteiger partial charge in [-0.3, -0.25) is 4.79 Å². The second-order valence-electron chi connectivity index (χ2n) is 5.73. The fraction of sp³-hybridized carbons (Fsp3) is 0.562. The Balaban J connectivity index is 2.85. The molecule has 19 heavy (non-hydrogen) atoms. The number of carbonyl (C=O) groups excluding carboxylic acids is 1. The molecule has 0 fully saturated rings. The van der Waals surface area contributed by atoms with Crippen LogP contribution in [0.4, 0.5) is 0 Å². The molecule has 0 aliphatic heterocycles.